The molecular weight excluding hydrogens is 337 g/mol. The van der Waals surface area contributed by atoms with Crippen LogP contribution >= 0.6 is 22.9 Å². The Hall–Kier alpha value is -1.35. The van der Waals surface area contributed by atoms with E-state index in [2.05, 4.69) is 15.0 Å². The molecule has 0 aliphatic heterocycles. The van der Waals surface area contributed by atoms with Gasteiger partial charge in [0, 0.05) is 0 Å². The third kappa shape index (κ3) is 3.29. The Morgan fingerprint density at radius 1 is 1.14 bits per heavy atom. The number of nitrogens with zero attached hydrogens (tertiary/aromatic N) is 3. The molecule has 2 aromatic heterocycles. The second kappa shape index (κ2) is 5.13. The topological polar surface area (TPSA) is 38.7 Å². The zero-order valence-corrected chi connectivity index (χ0v) is 12.2. The van der Waals surface area contributed by atoms with E-state index >= 15 is 0 Å². The standard InChI is InChI=1S/C11H7ClF5N3S/c1-10(2,14)8-20-7(11(15,16)17)6(21-8)5-4(13)3-18-9(12)19-5/h3H,1-2H3. The molecule has 0 radical (unpaired) electrons. The highest BCUT2D eigenvalue weighted by Gasteiger charge is 2.41. The lowest BCUT2D eigenvalue weighted by Gasteiger charge is -2.08. The van der Waals surface area contributed by atoms with Crippen molar-refractivity contribution >= 4 is 22.9 Å². The van der Waals surface area contributed by atoms with Crippen molar-refractivity contribution in [2.45, 2.75) is 25.7 Å². The number of alkyl halides is 4. The molecule has 0 fully saturated rings. The van der Waals surface area contributed by atoms with Gasteiger partial charge in [0.25, 0.3) is 0 Å². The first-order valence-corrected chi connectivity index (χ1v) is 6.65. The largest absolute Gasteiger partial charge is 0.434 e. The predicted molar refractivity (Wildman–Crippen MR) is 67.2 cm³/mol. The van der Waals surface area contributed by atoms with E-state index in [1.54, 1.807) is 0 Å². The van der Waals surface area contributed by atoms with Gasteiger partial charge in [0.2, 0.25) is 5.28 Å². The summed E-state index contributed by atoms with van der Waals surface area (Å²) in [5.74, 6) is -1.10. The van der Waals surface area contributed by atoms with E-state index in [1.165, 1.54) is 0 Å². The zero-order chi connectivity index (χ0) is 16.0. The summed E-state index contributed by atoms with van der Waals surface area (Å²) in [6.07, 6.45) is -4.23. The van der Waals surface area contributed by atoms with Crippen LogP contribution in [0.25, 0.3) is 10.6 Å². The van der Waals surface area contributed by atoms with E-state index in [0.717, 1.165) is 13.8 Å². The maximum Gasteiger partial charge on any atom is 0.434 e. The van der Waals surface area contributed by atoms with Crippen LogP contribution in [0.5, 0.6) is 0 Å². The summed E-state index contributed by atoms with van der Waals surface area (Å²) in [6, 6.07) is 0. The minimum absolute atomic E-state index is 0.374. The van der Waals surface area contributed by atoms with Gasteiger partial charge in [-0.05, 0) is 25.4 Å². The number of aromatic nitrogens is 3. The Balaban J connectivity index is 2.72. The fourth-order valence-electron chi connectivity index (χ4n) is 1.43. The molecular formula is C11H7ClF5N3S. The van der Waals surface area contributed by atoms with Crippen LogP contribution in [0.4, 0.5) is 22.0 Å². The zero-order valence-electron chi connectivity index (χ0n) is 10.6. The molecule has 2 heterocycles. The monoisotopic (exact) mass is 343 g/mol. The SMILES string of the molecule is CC(C)(F)c1nc(C(F)(F)F)c(-c2nc(Cl)ncc2F)s1. The molecule has 2 aromatic rings. The maximum atomic E-state index is 13.8. The number of thiazole rings is 1. The van der Waals surface area contributed by atoms with E-state index in [0.29, 0.717) is 17.5 Å². The molecule has 0 aliphatic rings. The molecule has 0 unspecified atom stereocenters. The Morgan fingerprint density at radius 3 is 2.29 bits per heavy atom. The maximum absolute atomic E-state index is 13.8. The van der Waals surface area contributed by atoms with Gasteiger partial charge in [-0.25, -0.2) is 23.7 Å². The Labute approximate surface area is 124 Å². The van der Waals surface area contributed by atoms with Crippen LogP contribution in [-0.2, 0) is 11.8 Å². The molecule has 0 aromatic carbocycles. The van der Waals surface area contributed by atoms with Gasteiger partial charge >= 0.3 is 6.18 Å². The third-order valence-corrected chi connectivity index (χ3v) is 3.88. The number of hydrogen-bond acceptors (Lipinski definition) is 4. The first-order valence-electron chi connectivity index (χ1n) is 5.46. The molecule has 0 aliphatic carbocycles. The van der Waals surface area contributed by atoms with Gasteiger partial charge in [-0.15, -0.1) is 11.3 Å². The van der Waals surface area contributed by atoms with Crippen molar-refractivity contribution in [3.05, 3.63) is 28.0 Å². The quantitative estimate of drug-likeness (QED) is 0.590. The van der Waals surface area contributed by atoms with Crippen molar-refractivity contribution in [3.8, 4) is 10.6 Å². The van der Waals surface area contributed by atoms with E-state index in [1.807, 2.05) is 0 Å². The van der Waals surface area contributed by atoms with Crippen molar-refractivity contribution in [3.63, 3.8) is 0 Å². The highest BCUT2D eigenvalue weighted by Crippen LogP contribution is 2.43. The van der Waals surface area contributed by atoms with Crippen molar-refractivity contribution < 1.29 is 22.0 Å². The first kappa shape index (κ1) is 16.0. The van der Waals surface area contributed by atoms with E-state index in [9.17, 15) is 22.0 Å². The number of hydrogen-bond donors (Lipinski definition) is 0. The lowest BCUT2D eigenvalue weighted by Crippen LogP contribution is -2.12. The molecule has 3 nitrogen and oxygen atoms in total. The summed E-state index contributed by atoms with van der Waals surface area (Å²) in [6.45, 7) is 2.11. The minimum Gasteiger partial charge on any atom is -0.237 e. The van der Waals surface area contributed by atoms with E-state index in [-0.39, 0.29) is 0 Å². The van der Waals surface area contributed by atoms with Gasteiger partial charge in [0.1, 0.15) is 10.7 Å². The van der Waals surface area contributed by atoms with Crippen molar-refractivity contribution in [2.24, 2.45) is 0 Å². The lowest BCUT2D eigenvalue weighted by atomic mass is 10.2. The van der Waals surface area contributed by atoms with Crippen LogP contribution in [0.1, 0.15) is 24.5 Å². The van der Waals surface area contributed by atoms with Crippen LogP contribution < -0.4 is 0 Å². The summed E-state index contributed by atoms with van der Waals surface area (Å²) in [4.78, 5) is 9.37. The molecule has 21 heavy (non-hydrogen) atoms. The number of halogens is 6. The van der Waals surface area contributed by atoms with Gasteiger partial charge in [-0.1, -0.05) is 0 Å². The average molecular weight is 344 g/mol. The van der Waals surface area contributed by atoms with Crippen LogP contribution in [0, 0.1) is 5.82 Å². The van der Waals surface area contributed by atoms with Gasteiger partial charge in [0.05, 0.1) is 11.1 Å². The van der Waals surface area contributed by atoms with Crippen LogP contribution in [0.2, 0.25) is 5.28 Å². The molecule has 2 rings (SSSR count). The molecule has 10 heteroatoms. The summed E-state index contributed by atoms with van der Waals surface area (Å²) in [5.41, 5.74) is -4.16. The lowest BCUT2D eigenvalue weighted by molar-refractivity contribution is -0.140. The predicted octanol–water partition coefficient (Wildman–Crippen LogP) is 4.62. The number of rotatable bonds is 2. The molecule has 0 amide bonds. The molecule has 0 N–H and O–H groups in total. The highest BCUT2D eigenvalue weighted by molar-refractivity contribution is 7.15. The molecule has 0 atom stereocenters. The minimum atomic E-state index is -4.88. The van der Waals surface area contributed by atoms with Gasteiger partial charge in [-0.2, -0.15) is 13.2 Å². The van der Waals surface area contributed by atoms with Crippen LogP contribution in [0.3, 0.4) is 0 Å². The summed E-state index contributed by atoms with van der Waals surface area (Å²) in [7, 11) is 0. The second-order valence-electron chi connectivity index (χ2n) is 4.50. The van der Waals surface area contributed by atoms with E-state index < -0.39 is 44.2 Å². The van der Waals surface area contributed by atoms with E-state index in [4.69, 9.17) is 11.6 Å². The molecule has 0 spiro atoms. The Kier molecular flexibility index (Phi) is 3.92. The normalized spacial score (nSPS) is 12.8. The van der Waals surface area contributed by atoms with Crippen molar-refractivity contribution in [1.29, 1.82) is 0 Å². The van der Waals surface area contributed by atoms with Crippen molar-refractivity contribution in [1.82, 2.24) is 15.0 Å². The smallest absolute Gasteiger partial charge is 0.237 e. The second-order valence-corrected chi connectivity index (χ2v) is 5.84. The summed E-state index contributed by atoms with van der Waals surface area (Å²) < 4.78 is 66.5. The van der Waals surface area contributed by atoms with Gasteiger partial charge in [-0.3, -0.25) is 0 Å². The van der Waals surface area contributed by atoms with Crippen LogP contribution in [0.15, 0.2) is 6.20 Å². The Morgan fingerprint density at radius 2 is 1.76 bits per heavy atom. The molecule has 0 saturated carbocycles. The fraction of sp³-hybridized carbons (Fsp3) is 0.364. The first-order chi connectivity index (χ1) is 9.50. The summed E-state index contributed by atoms with van der Waals surface area (Å²) >= 11 is 5.84. The van der Waals surface area contributed by atoms with Gasteiger partial charge in [0.15, 0.2) is 17.2 Å². The molecule has 114 valence electrons. The Bertz CT molecular complexity index is 677. The van der Waals surface area contributed by atoms with Crippen LogP contribution in [-0.4, -0.2) is 15.0 Å². The molecule has 0 saturated heterocycles. The third-order valence-electron chi connectivity index (χ3n) is 2.33. The van der Waals surface area contributed by atoms with Gasteiger partial charge < -0.3 is 0 Å². The van der Waals surface area contributed by atoms with Crippen molar-refractivity contribution in [2.75, 3.05) is 0 Å². The summed E-state index contributed by atoms with van der Waals surface area (Å²) in [5, 5.41) is -0.854. The average Bonchev–Trinajstić information content (AvgIpc) is 2.76. The molecule has 0 bridgehead atoms. The highest BCUT2D eigenvalue weighted by atomic mass is 35.5. The fourth-order valence-corrected chi connectivity index (χ4v) is 2.64.